The van der Waals surface area contributed by atoms with Crippen molar-refractivity contribution in [3.63, 3.8) is 0 Å². The van der Waals surface area contributed by atoms with Gasteiger partial charge in [-0.15, -0.1) is 0 Å². The summed E-state index contributed by atoms with van der Waals surface area (Å²) >= 11 is 6.10. The van der Waals surface area contributed by atoms with Crippen LogP contribution >= 0.6 is 11.6 Å². The number of H-pyrrole nitrogens is 1. The first-order chi connectivity index (χ1) is 10.1. The van der Waals surface area contributed by atoms with Gasteiger partial charge in [-0.25, -0.2) is 0 Å². The molecule has 3 aromatic rings. The molecule has 2 aromatic carbocycles. The lowest BCUT2D eigenvalue weighted by molar-refractivity contribution is 1.10. The van der Waals surface area contributed by atoms with Crippen molar-refractivity contribution in [3.8, 4) is 0 Å². The highest BCUT2D eigenvalue weighted by atomic mass is 35.5. The third-order valence-corrected chi connectivity index (χ3v) is 3.78. The van der Waals surface area contributed by atoms with Crippen LogP contribution in [0.3, 0.4) is 0 Å². The molecule has 0 aliphatic rings. The Kier molecular flexibility index (Phi) is 3.76. The minimum atomic E-state index is 0.740. The van der Waals surface area contributed by atoms with Crippen LogP contribution in [0.2, 0.25) is 5.02 Å². The molecule has 1 aromatic heterocycles. The van der Waals surface area contributed by atoms with Gasteiger partial charge in [-0.05, 0) is 47.3 Å². The number of fused-ring (bicyclic) bond motifs is 1. The molecular weight excluding hydrogens is 282 g/mol. The normalized spacial score (nSPS) is 10.8. The molecule has 0 radical (unpaired) electrons. The number of rotatable bonds is 4. The Labute approximate surface area is 129 Å². The zero-order chi connectivity index (χ0) is 14.8. The molecule has 0 amide bonds. The third kappa shape index (κ3) is 2.98. The molecule has 0 aliphatic carbocycles. The minimum absolute atomic E-state index is 0.740. The molecule has 3 rings (SSSR count). The molecule has 21 heavy (non-hydrogen) atoms. The van der Waals surface area contributed by atoms with Gasteiger partial charge >= 0.3 is 0 Å². The van der Waals surface area contributed by atoms with E-state index in [4.69, 9.17) is 11.6 Å². The van der Waals surface area contributed by atoms with E-state index in [9.17, 15) is 0 Å². The highest BCUT2D eigenvalue weighted by Crippen LogP contribution is 2.28. The number of nitrogens with one attached hydrogen (secondary N) is 2. The molecule has 0 saturated heterocycles. The Bertz CT molecular complexity index is 762. The maximum absolute atomic E-state index is 6.10. The van der Waals surface area contributed by atoms with Crippen molar-refractivity contribution < 1.29 is 0 Å². The first kappa shape index (κ1) is 13.8. The van der Waals surface area contributed by atoms with E-state index in [1.165, 1.54) is 10.9 Å². The smallest absolute Gasteiger partial charge is 0.0597 e. The molecule has 0 aliphatic heterocycles. The van der Waals surface area contributed by atoms with E-state index in [0.29, 0.717) is 0 Å². The van der Waals surface area contributed by atoms with E-state index in [1.807, 2.05) is 38.5 Å². The van der Waals surface area contributed by atoms with E-state index in [1.54, 1.807) is 0 Å². The van der Waals surface area contributed by atoms with Crippen LogP contribution in [0.15, 0.2) is 48.7 Å². The SMILES string of the molecule is CN(C)c1ccc(Cl)cc1NCc1ccc2[nH]ccc2c1. The fourth-order valence-corrected chi connectivity index (χ4v) is 2.62. The molecule has 3 nitrogen and oxygen atoms in total. The fraction of sp³-hybridized carbons (Fsp3) is 0.176. The standard InChI is InChI=1S/C17H18ClN3/c1-21(2)17-6-4-14(18)10-16(17)20-11-12-3-5-15-13(9-12)7-8-19-15/h3-10,19-20H,11H2,1-2H3. The summed E-state index contributed by atoms with van der Waals surface area (Å²) in [7, 11) is 4.06. The number of aromatic nitrogens is 1. The molecule has 108 valence electrons. The van der Waals surface area contributed by atoms with Gasteiger partial charge in [0.2, 0.25) is 0 Å². The number of hydrogen-bond donors (Lipinski definition) is 2. The number of benzene rings is 2. The van der Waals surface area contributed by atoms with Crippen LogP contribution in [0.4, 0.5) is 11.4 Å². The monoisotopic (exact) mass is 299 g/mol. The molecular formula is C17H18ClN3. The number of aromatic amines is 1. The largest absolute Gasteiger partial charge is 0.379 e. The predicted molar refractivity (Wildman–Crippen MR) is 91.4 cm³/mol. The van der Waals surface area contributed by atoms with Gasteiger partial charge in [-0.3, -0.25) is 0 Å². The maximum Gasteiger partial charge on any atom is 0.0597 e. The van der Waals surface area contributed by atoms with Crippen LogP contribution in [0.5, 0.6) is 0 Å². The van der Waals surface area contributed by atoms with E-state index in [2.05, 4.69) is 39.5 Å². The lowest BCUT2D eigenvalue weighted by Crippen LogP contribution is -2.12. The summed E-state index contributed by atoms with van der Waals surface area (Å²) < 4.78 is 0. The Balaban J connectivity index is 1.82. The molecule has 0 fully saturated rings. The molecule has 2 N–H and O–H groups in total. The Morgan fingerprint density at radius 2 is 1.95 bits per heavy atom. The van der Waals surface area contributed by atoms with Crippen LogP contribution in [0.25, 0.3) is 10.9 Å². The van der Waals surface area contributed by atoms with Crippen LogP contribution in [0, 0.1) is 0 Å². The predicted octanol–water partition coefficient (Wildman–Crippen LogP) is 4.50. The van der Waals surface area contributed by atoms with Gasteiger partial charge in [0.25, 0.3) is 0 Å². The van der Waals surface area contributed by atoms with E-state index in [-0.39, 0.29) is 0 Å². The van der Waals surface area contributed by atoms with Crippen LogP contribution in [-0.4, -0.2) is 19.1 Å². The van der Waals surface area contributed by atoms with Gasteiger partial charge in [-0.2, -0.15) is 0 Å². The highest BCUT2D eigenvalue weighted by Gasteiger charge is 2.05. The first-order valence-corrected chi connectivity index (χ1v) is 7.28. The van der Waals surface area contributed by atoms with Gasteiger partial charge in [0.1, 0.15) is 0 Å². The van der Waals surface area contributed by atoms with Gasteiger partial charge in [0, 0.05) is 37.4 Å². The van der Waals surface area contributed by atoms with Crippen molar-refractivity contribution in [3.05, 3.63) is 59.2 Å². The molecule has 4 heteroatoms. The van der Waals surface area contributed by atoms with Gasteiger partial charge in [0.05, 0.1) is 11.4 Å². The summed E-state index contributed by atoms with van der Waals surface area (Å²) in [6.45, 7) is 0.766. The summed E-state index contributed by atoms with van der Waals surface area (Å²) in [6.07, 6.45) is 1.96. The van der Waals surface area contributed by atoms with E-state index in [0.717, 1.165) is 28.5 Å². The van der Waals surface area contributed by atoms with Crippen molar-refractivity contribution in [1.29, 1.82) is 0 Å². The van der Waals surface area contributed by atoms with Crippen molar-refractivity contribution >= 4 is 33.9 Å². The molecule has 0 unspecified atom stereocenters. The van der Waals surface area contributed by atoms with E-state index >= 15 is 0 Å². The van der Waals surface area contributed by atoms with Gasteiger partial charge in [-0.1, -0.05) is 17.7 Å². The average molecular weight is 300 g/mol. The maximum atomic E-state index is 6.10. The lowest BCUT2D eigenvalue weighted by Gasteiger charge is -2.19. The summed E-state index contributed by atoms with van der Waals surface area (Å²) in [5.74, 6) is 0. The van der Waals surface area contributed by atoms with Gasteiger partial charge in [0.15, 0.2) is 0 Å². The zero-order valence-corrected chi connectivity index (χ0v) is 12.9. The number of nitrogens with zero attached hydrogens (tertiary/aromatic N) is 1. The topological polar surface area (TPSA) is 31.1 Å². The number of anilines is 2. The van der Waals surface area contributed by atoms with Crippen LogP contribution in [-0.2, 0) is 6.54 Å². The second-order valence-electron chi connectivity index (χ2n) is 5.31. The van der Waals surface area contributed by atoms with Gasteiger partial charge < -0.3 is 15.2 Å². The fourth-order valence-electron chi connectivity index (χ4n) is 2.45. The van der Waals surface area contributed by atoms with Crippen molar-refractivity contribution in [2.24, 2.45) is 0 Å². The van der Waals surface area contributed by atoms with Crippen molar-refractivity contribution in [1.82, 2.24) is 4.98 Å². The van der Waals surface area contributed by atoms with Crippen molar-refractivity contribution in [2.75, 3.05) is 24.3 Å². The molecule has 0 saturated carbocycles. The van der Waals surface area contributed by atoms with Crippen LogP contribution < -0.4 is 10.2 Å². The number of halogens is 1. The number of hydrogen-bond acceptors (Lipinski definition) is 2. The second-order valence-corrected chi connectivity index (χ2v) is 5.75. The van der Waals surface area contributed by atoms with Crippen LogP contribution in [0.1, 0.15) is 5.56 Å². The summed E-state index contributed by atoms with van der Waals surface area (Å²) in [6, 6.07) is 14.4. The third-order valence-electron chi connectivity index (χ3n) is 3.54. The second kappa shape index (κ2) is 5.70. The molecule has 1 heterocycles. The first-order valence-electron chi connectivity index (χ1n) is 6.90. The quantitative estimate of drug-likeness (QED) is 0.743. The molecule has 0 spiro atoms. The minimum Gasteiger partial charge on any atom is -0.379 e. The Morgan fingerprint density at radius 3 is 2.76 bits per heavy atom. The summed E-state index contributed by atoms with van der Waals surface area (Å²) in [4.78, 5) is 5.28. The zero-order valence-electron chi connectivity index (χ0n) is 12.2. The average Bonchev–Trinajstić information content (AvgIpc) is 2.92. The summed E-state index contributed by atoms with van der Waals surface area (Å²) in [5.41, 5.74) is 4.58. The molecule has 0 bridgehead atoms. The molecule has 0 atom stereocenters. The van der Waals surface area contributed by atoms with E-state index < -0.39 is 0 Å². The highest BCUT2D eigenvalue weighted by molar-refractivity contribution is 6.31. The Hall–Kier alpha value is -2.13. The Morgan fingerprint density at radius 1 is 1.10 bits per heavy atom. The van der Waals surface area contributed by atoms with Crippen molar-refractivity contribution in [2.45, 2.75) is 6.54 Å². The summed E-state index contributed by atoms with van der Waals surface area (Å²) in [5, 5.41) is 5.44. The lowest BCUT2D eigenvalue weighted by atomic mass is 10.1.